The molecule has 1 aromatic heterocycles. The molecule has 3 nitrogen and oxygen atoms in total. The van der Waals surface area contributed by atoms with Crippen LogP contribution in [0.5, 0.6) is 0 Å². The summed E-state index contributed by atoms with van der Waals surface area (Å²) in [7, 11) is 0. The number of pyridine rings is 1. The molecular weight excluding hydrogens is 197 g/mol. The maximum Gasteiger partial charge on any atom is 0.280 e. The van der Waals surface area contributed by atoms with Gasteiger partial charge in [-0.15, -0.1) is 0 Å². The first kappa shape index (κ1) is 10.9. The van der Waals surface area contributed by atoms with Gasteiger partial charge >= 0.3 is 0 Å². The average molecular weight is 206 g/mol. The third kappa shape index (κ3) is 2.02. The first-order chi connectivity index (χ1) is 6.60. The van der Waals surface area contributed by atoms with Crippen molar-refractivity contribution in [3.63, 3.8) is 0 Å². The minimum Gasteiger partial charge on any atom is -0.392 e. The van der Waals surface area contributed by atoms with Crippen LogP contribution in [0.3, 0.4) is 0 Å². The summed E-state index contributed by atoms with van der Waals surface area (Å²) in [5, 5.41) is 8.82. The molecule has 3 N–H and O–H groups in total. The summed E-state index contributed by atoms with van der Waals surface area (Å²) in [6, 6.07) is 0.942. The molecule has 0 amide bonds. The van der Waals surface area contributed by atoms with E-state index in [9.17, 15) is 13.2 Å². The summed E-state index contributed by atoms with van der Waals surface area (Å²) < 4.78 is 37.4. The SMILES string of the molecule is NCc1cc(F)nc(C(F)F)c1CO. The van der Waals surface area contributed by atoms with Gasteiger partial charge in [0.2, 0.25) is 5.95 Å². The number of aliphatic hydroxyl groups excluding tert-OH is 1. The van der Waals surface area contributed by atoms with Gasteiger partial charge in [-0.1, -0.05) is 0 Å². The average Bonchev–Trinajstić information content (AvgIpc) is 2.16. The first-order valence-corrected chi connectivity index (χ1v) is 3.87. The minimum atomic E-state index is -2.92. The summed E-state index contributed by atoms with van der Waals surface area (Å²) in [5.41, 5.74) is 4.53. The predicted octanol–water partition coefficient (Wildman–Crippen LogP) is 1.11. The van der Waals surface area contributed by atoms with E-state index in [1.165, 1.54) is 0 Å². The van der Waals surface area contributed by atoms with Crippen LogP contribution in [-0.4, -0.2) is 10.1 Å². The lowest BCUT2D eigenvalue weighted by Gasteiger charge is -2.10. The number of hydrogen-bond donors (Lipinski definition) is 2. The van der Waals surface area contributed by atoms with Crippen LogP contribution in [0, 0.1) is 5.95 Å². The molecule has 78 valence electrons. The zero-order valence-corrected chi connectivity index (χ0v) is 7.17. The molecule has 0 aliphatic rings. The highest BCUT2D eigenvalue weighted by atomic mass is 19.3. The van der Waals surface area contributed by atoms with Crippen LogP contribution in [0.25, 0.3) is 0 Å². The second-order valence-corrected chi connectivity index (χ2v) is 2.63. The van der Waals surface area contributed by atoms with Crippen LogP contribution in [0.15, 0.2) is 6.07 Å². The van der Waals surface area contributed by atoms with E-state index in [2.05, 4.69) is 4.98 Å². The van der Waals surface area contributed by atoms with E-state index in [1.54, 1.807) is 0 Å². The quantitative estimate of drug-likeness (QED) is 0.728. The van der Waals surface area contributed by atoms with Gasteiger partial charge in [0.05, 0.1) is 6.61 Å². The Kier molecular flexibility index (Phi) is 3.43. The Balaban J connectivity index is 3.31. The van der Waals surface area contributed by atoms with Gasteiger partial charge in [0.25, 0.3) is 6.43 Å². The molecule has 0 fully saturated rings. The normalized spacial score (nSPS) is 11.0. The number of nitrogens with zero attached hydrogens (tertiary/aromatic N) is 1. The highest BCUT2D eigenvalue weighted by molar-refractivity contribution is 5.30. The largest absolute Gasteiger partial charge is 0.392 e. The van der Waals surface area contributed by atoms with Crippen molar-refractivity contribution >= 4 is 0 Å². The fourth-order valence-electron chi connectivity index (χ4n) is 1.16. The highest BCUT2D eigenvalue weighted by Crippen LogP contribution is 2.24. The lowest BCUT2D eigenvalue weighted by atomic mass is 10.1. The van der Waals surface area contributed by atoms with E-state index >= 15 is 0 Å². The van der Waals surface area contributed by atoms with Crippen molar-refractivity contribution in [1.29, 1.82) is 0 Å². The Morgan fingerprint density at radius 3 is 2.57 bits per heavy atom. The Labute approximate surface area is 78.4 Å². The van der Waals surface area contributed by atoms with Gasteiger partial charge in [-0.05, 0) is 11.6 Å². The van der Waals surface area contributed by atoms with Gasteiger partial charge in [-0.2, -0.15) is 4.39 Å². The molecule has 1 aromatic rings. The fraction of sp³-hybridized carbons (Fsp3) is 0.375. The maximum atomic E-state index is 12.7. The van der Waals surface area contributed by atoms with Crippen molar-refractivity contribution < 1.29 is 18.3 Å². The van der Waals surface area contributed by atoms with Gasteiger partial charge in [-0.25, -0.2) is 13.8 Å². The fourth-order valence-corrected chi connectivity index (χ4v) is 1.16. The van der Waals surface area contributed by atoms with E-state index in [0.717, 1.165) is 6.07 Å². The lowest BCUT2D eigenvalue weighted by Crippen LogP contribution is -2.09. The van der Waals surface area contributed by atoms with Crippen LogP contribution >= 0.6 is 0 Å². The smallest absolute Gasteiger partial charge is 0.280 e. The number of aromatic nitrogens is 1. The first-order valence-electron chi connectivity index (χ1n) is 3.87. The zero-order chi connectivity index (χ0) is 10.7. The van der Waals surface area contributed by atoms with Crippen LogP contribution in [0.2, 0.25) is 0 Å². The van der Waals surface area contributed by atoms with Crippen molar-refractivity contribution in [2.75, 3.05) is 0 Å². The molecule has 0 bridgehead atoms. The van der Waals surface area contributed by atoms with Gasteiger partial charge < -0.3 is 10.8 Å². The minimum absolute atomic E-state index is 0.0936. The van der Waals surface area contributed by atoms with Crippen LogP contribution < -0.4 is 5.73 Å². The van der Waals surface area contributed by atoms with E-state index in [1.807, 2.05) is 0 Å². The Bertz CT molecular complexity index is 331. The van der Waals surface area contributed by atoms with Gasteiger partial charge in [0, 0.05) is 12.1 Å². The summed E-state index contributed by atoms with van der Waals surface area (Å²) in [5.74, 6) is -1.02. The second-order valence-electron chi connectivity index (χ2n) is 2.63. The molecule has 0 atom stereocenters. The predicted molar refractivity (Wildman–Crippen MR) is 43.0 cm³/mol. The van der Waals surface area contributed by atoms with Gasteiger partial charge in [-0.3, -0.25) is 0 Å². The number of rotatable bonds is 3. The number of alkyl halides is 2. The molecule has 0 spiro atoms. The molecule has 1 heterocycles. The Morgan fingerprint density at radius 1 is 1.50 bits per heavy atom. The Hall–Kier alpha value is -1.14. The summed E-state index contributed by atoms with van der Waals surface area (Å²) >= 11 is 0. The topological polar surface area (TPSA) is 59.1 Å². The number of nitrogens with two attached hydrogens (primary N) is 1. The molecule has 6 heteroatoms. The second kappa shape index (κ2) is 4.39. The van der Waals surface area contributed by atoms with Crippen LogP contribution in [0.4, 0.5) is 13.2 Å². The van der Waals surface area contributed by atoms with E-state index < -0.39 is 24.7 Å². The molecule has 0 unspecified atom stereocenters. The molecule has 14 heavy (non-hydrogen) atoms. The van der Waals surface area contributed by atoms with Gasteiger partial charge in [0.1, 0.15) is 5.69 Å². The monoisotopic (exact) mass is 206 g/mol. The molecule has 0 aliphatic heterocycles. The zero-order valence-electron chi connectivity index (χ0n) is 7.17. The summed E-state index contributed by atoms with van der Waals surface area (Å²) in [6.45, 7) is -0.742. The highest BCUT2D eigenvalue weighted by Gasteiger charge is 2.18. The summed E-state index contributed by atoms with van der Waals surface area (Å²) in [4.78, 5) is 3.02. The number of hydrogen-bond acceptors (Lipinski definition) is 3. The van der Waals surface area contributed by atoms with E-state index in [-0.39, 0.29) is 17.7 Å². The molecule has 0 saturated heterocycles. The maximum absolute atomic E-state index is 12.7. The van der Waals surface area contributed by atoms with Crippen molar-refractivity contribution in [3.05, 3.63) is 28.8 Å². The van der Waals surface area contributed by atoms with Crippen molar-refractivity contribution in [2.24, 2.45) is 5.73 Å². The molecule has 0 saturated carbocycles. The Morgan fingerprint density at radius 2 is 2.14 bits per heavy atom. The third-order valence-electron chi connectivity index (χ3n) is 1.80. The third-order valence-corrected chi connectivity index (χ3v) is 1.80. The molecule has 0 radical (unpaired) electrons. The van der Waals surface area contributed by atoms with Crippen molar-refractivity contribution in [3.8, 4) is 0 Å². The number of aliphatic hydroxyl groups is 1. The van der Waals surface area contributed by atoms with E-state index in [4.69, 9.17) is 10.8 Å². The van der Waals surface area contributed by atoms with Crippen molar-refractivity contribution in [1.82, 2.24) is 4.98 Å². The van der Waals surface area contributed by atoms with Crippen LogP contribution in [-0.2, 0) is 13.2 Å². The molecule has 1 rings (SSSR count). The number of halogens is 3. The standard InChI is InChI=1S/C8H9F3N2O/c9-6-1-4(2-12)5(3-14)7(13-6)8(10)11/h1,8,14H,2-3,12H2. The molecule has 0 aromatic carbocycles. The van der Waals surface area contributed by atoms with Crippen LogP contribution in [0.1, 0.15) is 23.2 Å². The van der Waals surface area contributed by atoms with Crippen molar-refractivity contribution in [2.45, 2.75) is 19.6 Å². The van der Waals surface area contributed by atoms with Gasteiger partial charge in [0.15, 0.2) is 0 Å². The lowest BCUT2D eigenvalue weighted by molar-refractivity contribution is 0.140. The summed E-state index contributed by atoms with van der Waals surface area (Å²) in [6.07, 6.45) is -2.92. The van der Waals surface area contributed by atoms with E-state index in [0.29, 0.717) is 0 Å². The molecule has 0 aliphatic carbocycles. The molecular formula is C8H9F3N2O.